The number of pyridine rings is 1. The summed E-state index contributed by atoms with van der Waals surface area (Å²) in [5.74, 6) is 0.704. The lowest BCUT2D eigenvalue weighted by Gasteiger charge is -2.06. The van der Waals surface area contributed by atoms with Crippen LogP contribution in [0.15, 0.2) is 73.7 Å². The Morgan fingerprint density at radius 3 is 2.68 bits per heavy atom. The molecule has 4 aromatic heterocycles. The van der Waals surface area contributed by atoms with Crippen LogP contribution in [-0.4, -0.2) is 34.7 Å². The van der Waals surface area contributed by atoms with E-state index in [2.05, 4.69) is 30.2 Å². The minimum absolute atomic E-state index is 0.551. The van der Waals surface area contributed by atoms with E-state index in [1.54, 1.807) is 18.7 Å². The molecule has 0 bridgehead atoms. The predicted octanol–water partition coefficient (Wildman–Crippen LogP) is 3.21. The van der Waals surface area contributed by atoms with E-state index in [1.165, 1.54) is 6.33 Å². The number of H-pyrrole nitrogens is 1. The molecule has 5 aromatic rings. The Kier molecular flexibility index (Phi) is 3.98. The van der Waals surface area contributed by atoms with Crippen molar-refractivity contribution in [2.75, 3.05) is 5.32 Å². The van der Waals surface area contributed by atoms with Gasteiger partial charge in [0.25, 0.3) is 0 Å². The fourth-order valence-electron chi connectivity index (χ4n) is 3.08. The van der Waals surface area contributed by atoms with Crippen LogP contribution in [0.25, 0.3) is 28.1 Å². The zero-order valence-corrected chi connectivity index (χ0v) is 14.8. The van der Waals surface area contributed by atoms with Crippen LogP contribution in [0.5, 0.6) is 0 Å². The first-order chi connectivity index (χ1) is 13.9. The molecule has 1 aromatic carbocycles. The fraction of sp³-hybridized carbons (Fsp3) is 0.0500. The van der Waals surface area contributed by atoms with Gasteiger partial charge in [-0.2, -0.15) is 5.10 Å². The Morgan fingerprint density at radius 1 is 0.964 bits per heavy atom. The first kappa shape index (κ1) is 16.1. The van der Waals surface area contributed by atoms with E-state index in [1.807, 2.05) is 53.3 Å². The summed E-state index contributed by atoms with van der Waals surface area (Å²) < 4.78 is 1.89. The van der Waals surface area contributed by atoms with E-state index < -0.39 is 0 Å². The third-order valence-electron chi connectivity index (χ3n) is 4.43. The molecule has 136 valence electrons. The van der Waals surface area contributed by atoms with Crippen molar-refractivity contribution in [3.05, 3.63) is 79.3 Å². The smallest absolute Gasteiger partial charge is 0.182 e. The summed E-state index contributed by atoms with van der Waals surface area (Å²) in [6.07, 6.45) is 8.69. The molecular formula is C20H16N8. The first-order valence-corrected chi connectivity index (χ1v) is 8.81. The molecule has 0 radical (unpaired) electrons. The highest BCUT2D eigenvalue weighted by molar-refractivity contribution is 5.82. The Morgan fingerprint density at radius 2 is 1.82 bits per heavy atom. The number of nitrogens with one attached hydrogen (secondary N) is 2. The molecule has 0 atom stereocenters. The van der Waals surface area contributed by atoms with Crippen LogP contribution in [0.3, 0.4) is 0 Å². The van der Waals surface area contributed by atoms with Crippen LogP contribution < -0.4 is 5.32 Å². The van der Waals surface area contributed by atoms with Gasteiger partial charge in [0.15, 0.2) is 11.5 Å². The fourth-order valence-corrected chi connectivity index (χ4v) is 3.08. The number of hydrogen-bond donors (Lipinski definition) is 2. The number of benzene rings is 1. The molecule has 0 unspecified atom stereocenters. The molecule has 0 aliphatic rings. The third-order valence-corrected chi connectivity index (χ3v) is 4.43. The second kappa shape index (κ2) is 6.92. The van der Waals surface area contributed by atoms with E-state index in [0.29, 0.717) is 18.0 Å². The monoisotopic (exact) mass is 368 g/mol. The van der Waals surface area contributed by atoms with Crippen molar-refractivity contribution in [3.8, 4) is 16.9 Å². The van der Waals surface area contributed by atoms with Crippen LogP contribution in [0.2, 0.25) is 0 Å². The Balaban J connectivity index is 1.52. The normalized spacial score (nSPS) is 11.0. The van der Waals surface area contributed by atoms with Gasteiger partial charge in [-0.05, 0) is 24.3 Å². The van der Waals surface area contributed by atoms with Gasteiger partial charge in [0.2, 0.25) is 0 Å². The number of aromatic nitrogens is 7. The molecule has 0 saturated heterocycles. The second-order valence-corrected chi connectivity index (χ2v) is 6.20. The number of nitrogens with zero attached hydrogens (tertiary/aromatic N) is 6. The highest BCUT2D eigenvalue weighted by Gasteiger charge is 2.13. The molecule has 0 spiro atoms. The Bertz CT molecular complexity index is 1210. The maximum atomic E-state index is 4.81. The van der Waals surface area contributed by atoms with Gasteiger partial charge in [0.1, 0.15) is 11.8 Å². The molecular weight excluding hydrogens is 352 g/mol. The second-order valence-electron chi connectivity index (χ2n) is 6.20. The van der Waals surface area contributed by atoms with Crippen molar-refractivity contribution in [1.29, 1.82) is 0 Å². The van der Waals surface area contributed by atoms with Crippen molar-refractivity contribution in [1.82, 2.24) is 34.7 Å². The van der Waals surface area contributed by atoms with Crippen LogP contribution in [0.1, 0.15) is 5.56 Å². The first-order valence-electron chi connectivity index (χ1n) is 8.81. The number of aromatic amines is 1. The van der Waals surface area contributed by atoms with Crippen molar-refractivity contribution >= 4 is 17.0 Å². The Labute approximate surface area is 160 Å². The van der Waals surface area contributed by atoms with Crippen LogP contribution >= 0.6 is 0 Å². The van der Waals surface area contributed by atoms with Crippen LogP contribution in [0, 0.1) is 0 Å². The van der Waals surface area contributed by atoms with E-state index in [9.17, 15) is 0 Å². The summed E-state index contributed by atoms with van der Waals surface area (Å²) in [6.45, 7) is 0.551. The maximum Gasteiger partial charge on any atom is 0.182 e. The lowest BCUT2D eigenvalue weighted by atomic mass is 10.1. The molecule has 0 fully saturated rings. The lowest BCUT2D eigenvalue weighted by Crippen LogP contribution is -2.03. The summed E-state index contributed by atoms with van der Waals surface area (Å²) in [4.78, 5) is 19.8. The summed E-state index contributed by atoms with van der Waals surface area (Å²) >= 11 is 0. The van der Waals surface area contributed by atoms with E-state index in [-0.39, 0.29) is 0 Å². The van der Waals surface area contributed by atoms with Gasteiger partial charge in [-0.1, -0.05) is 18.2 Å². The number of anilines is 1. The predicted molar refractivity (Wildman–Crippen MR) is 106 cm³/mol. The van der Waals surface area contributed by atoms with Gasteiger partial charge in [0.05, 0.1) is 17.7 Å². The number of rotatable bonds is 5. The molecule has 4 heterocycles. The number of imidazole rings is 1. The summed E-state index contributed by atoms with van der Waals surface area (Å²) in [7, 11) is 0. The third kappa shape index (κ3) is 2.96. The molecule has 5 rings (SSSR count). The summed E-state index contributed by atoms with van der Waals surface area (Å²) in [6, 6.07) is 14.0. The zero-order valence-electron chi connectivity index (χ0n) is 14.8. The van der Waals surface area contributed by atoms with Crippen molar-refractivity contribution < 1.29 is 0 Å². The molecule has 0 saturated carbocycles. The average molecular weight is 368 g/mol. The molecule has 0 aliphatic carbocycles. The quantitative estimate of drug-likeness (QED) is 0.494. The largest absolute Gasteiger partial charge is 0.364 e. The zero-order chi connectivity index (χ0) is 18.8. The Hall–Kier alpha value is -4.07. The van der Waals surface area contributed by atoms with Gasteiger partial charge in [-0.3, -0.25) is 4.98 Å². The molecule has 28 heavy (non-hydrogen) atoms. The highest BCUT2D eigenvalue weighted by atomic mass is 15.3. The molecule has 2 N–H and O–H groups in total. The molecule has 8 nitrogen and oxygen atoms in total. The van der Waals surface area contributed by atoms with E-state index in [4.69, 9.17) is 5.10 Å². The summed E-state index contributed by atoms with van der Waals surface area (Å²) in [5, 5.41) is 8.18. The standard InChI is InChI=1S/C20H16N8/c1-2-4-16(5-3-1)28-11-15(17(27-28)14-6-8-21-9-7-14)10-22-19-18-20(24-12-23-18)26-13-25-19/h1-9,11-13H,10H2,(H2,22,23,24,25,26). The number of para-hydroxylation sites is 1. The minimum atomic E-state index is 0.551. The van der Waals surface area contributed by atoms with Gasteiger partial charge < -0.3 is 10.3 Å². The molecule has 8 heteroatoms. The van der Waals surface area contributed by atoms with Crippen molar-refractivity contribution in [2.45, 2.75) is 6.54 Å². The van der Waals surface area contributed by atoms with Crippen LogP contribution in [0.4, 0.5) is 5.82 Å². The topological polar surface area (TPSA) is 97.2 Å². The number of fused-ring (bicyclic) bond motifs is 1. The van der Waals surface area contributed by atoms with Crippen molar-refractivity contribution in [3.63, 3.8) is 0 Å². The average Bonchev–Trinajstić information content (AvgIpc) is 3.41. The highest BCUT2D eigenvalue weighted by Crippen LogP contribution is 2.24. The van der Waals surface area contributed by atoms with E-state index >= 15 is 0 Å². The van der Waals surface area contributed by atoms with Crippen molar-refractivity contribution in [2.24, 2.45) is 0 Å². The lowest BCUT2D eigenvalue weighted by molar-refractivity contribution is 0.883. The minimum Gasteiger partial charge on any atom is -0.364 e. The SMILES string of the molecule is c1ccc(-n2cc(CNc3ncnc4nc[nH]c34)c(-c3ccncc3)n2)cc1. The van der Waals surface area contributed by atoms with Gasteiger partial charge in [0, 0.05) is 36.3 Å². The van der Waals surface area contributed by atoms with Gasteiger partial charge >= 0.3 is 0 Å². The molecule has 0 aliphatic heterocycles. The number of hydrogen-bond acceptors (Lipinski definition) is 6. The van der Waals surface area contributed by atoms with Gasteiger partial charge in [-0.25, -0.2) is 19.6 Å². The van der Waals surface area contributed by atoms with Crippen LogP contribution in [-0.2, 0) is 6.54 Å². The van der Waals surface area contributed by atoms with Gasteiger partial charge in [-0.15, -0.1) is 0 Å². The summed E-state index contributed by atoms with van der Waals surface area (Å²) in [5.41, 5.74) is 5.36. The maximum absolute atomic E-state index is 4.81. The molecule has 0 amide bonds. The van der Waals surface area contributed by atoms with E-state index in [0.717, 1.165) is 28.0 Å².